The Morgan fingerprint density at radius 1 is 0.680 bits per heavy atom. The molecule has 0 saturated carbocycles. The molecule has 3 aromatic rings. The van der Waals surface area contributed by atoms with E-state index in [4.69, 9.17) is 9.03 Å². The van der Waals surface area contributed by atoms with Gasteiger partial charge in [0.25, 0.3) is 0 Å². The van der Waals surface area contributed by atoms with Crippen LogP contribution in [-0.2, 0) is 9.89 Å². The van der Waals surface area contributed by atoms with E-state index in [0.717, 1.165) is 0 Å². The molecule has 126 valence electrons. The topological polar surface area (TPSA) is 87.6 Å². The van der Waals surface area contributed by atoms with Gasteiger partial charge in [-0.15, -0.1) is 0 Å². The van der Waals surface area contributed by atoms with Crippen molar-refractivity contribution >= 4 is 0 Å². The lowest BCUT2D eigenvalue weighted by Crippen LogP contribution is -2.64. The van der Waals surface area contributed by atoms with Gasteiger partial charge in [0, 0.05) is 5.56 Å². The molecule has 5 nitrogen and oxygen atoms in total. The maximum atomic E-state index is 11.7. The van der Waals surface area contributed by atoms with E-state index in [1.54, 1.807) is 78.9 Å². The van der Waals surface area contributed by atoms with Crippen LogP contribution in [0.25, 0.3) is 0 Å². The highest BCUT2D eigenvalue weighted by Crippen LogP contribution is 2.52. The first kappa shape index (κ1) is 16.1. The van der Waals surface area contributed by atoms with Crippen molar-refractivity contribution in [1.29, 1.82) is 0 Å². The quantitative estimate of drug-likeness (QED) is 0.698. The zero-order chi connectivity index (χ0) is 17.5. The van der Waals surface area contributed by atoms with Gasteiger partial charge in [0.05, 0.1) is 25.7 Å². The van der Waals surface area contributed by atoms with Crippen LogP contribution in [0.3, 0.4) is 0 Å². The Kier molecular flexibility index (Phi) is 3.76. The van der Waals surface area contributed by atoms with Gasteiger partial charge in [0.15, 0.2) is 0 Å². The fraction of sp³-hybridized carbons (Fsp3) is 0.0526. The summed E-state index contributed by atoms with van der Waals surface area (Å²) >= 11 is 0. The number of para-hydroxylation sites is 2. The highest BCUT2D eigenvalue weighted by molar-refractivity contribution is 5.60. The standard InChI is InChI=1S/C19H13ClO5/c21-20(22,23)25-19(14-8-2-1-3-9-14)15-10-4-6-12-17(15)24-18-13-7-5-11-16(18)19/h1-13H. The number of rotatable bonds is 3. The molecule has 0 saturated heterocycles. The largest absolute Gasteiger partial charge is 0.456 e. The summed E-state index contributed by atoms with van der Waals surface area (Å²) in [4.78, 5) is 0. The van der Waals surface area contributed by atoms with Crippen molar-refractivity contribution in [3.8, 4) is 11.5 Å². The lowest BCUT2D eigenvalue weighted by molar-refractivity contribution is -1.92. The number of hydrogen-bond acceptors (Lipinski definition) is 5. The van der Waals surface area contributed by atoms with Crippen molar-refractivity contribution < 1.29 is 33.2 Å². The molecule has 0 N–H and O–H groups in total. The first-order chi connectivity index (χ1) is 12.0. The van der Waals surface area contributed by atoms with Gasteiger partial charge in [0.2, 0.25) is 0 Å². The van der Waals surface area contributed by atoms with Gasteiger partial charge < -0.3 is 4.74 Å². The van der Waals surface area contributed by atoms with Crippen LogP contribution in [0.5, 0.6) is 11.5 Å². The second-order valence-corrected chi connectivity index (χ2v) is 6.51. The van der Waals surface area contributed by atoms with Crippen LogP contribution in [0.4, 0.5) is 0 Å². The second kappa shape index (κ2) is 5.84. The smallest absolute Gasteiger partial charge is 0.305 e. The summed E-state index contributed by atoms with van der Waals surface area (Å²) in [6, 6.07) is 22.6. The molecule has 0 radical (unpaired) electrons. The van der Waals surface area contributed by atoms with Gasteiger partial charge in [-0.25, -0.2) is 0 Å². The molecule has 1 heterocycles. The van der Waals surface area contributed by atoms with E-state index in [-0.39, 0.29) is 0 Å². The van der Waals surface area contributed by atoms with Gasteiger partial charge in [-0.3, -0.25) is 0 Å². The van der Waals surface area contributed by atoms with Crippen LogP contribution in [0, 0.1) is 10.2 Å². The maximum Gasteiger partial charge on any atom is 0.305 e. The number of halogens is 1. The van der Waals surface area contributed by atoms with Gasteiger partial charge in [0.1, 0.15) is 11.5 Å². The lowest BCUT2D eigenvalue weighted by atomic mass is 9.78. The molecule has 0 unspecified atom stereocenters. The van der Waals surface area contributed by atoms with Crippen molar-refractivity contribution in [1.82, 2.24) is 0 Å². The van der Waals surface area contributed by atoms with Crippen LogP contribution >= 0.6 is 0 Å². The van der Waals surface area contributed by atoms with Crippen LogP contribution < -0.4 is 18.7 Å². The first-order valence-corrected chi connectivity index (χ1v) is 8.78. The minimum atomic E-state index is -4.71. The highest BCUT2D eigenvalue weighted by Gasteiger charge is 2.56. The SMILES string of the molecule is [O-][Cl+3]([O-])([O-])OC1(c2ccccc2)c2ccccc2Oc2ccccc21. The monoisotopic (exact) mass is 356 g/mol. The molecule has 0 amide bonds. The third kappa shape index (κ3) is 2.68. The summed E-state index contributed by atoms with van der Waals surface area (Å²) in [6.07, 6.45) is 0. The molecule has 0 bridgehead atoms. The van der Waals surface area contributed by atoms with E-state index in [2.05, 4.69) is 0 Å². The molecule has 0 spiro atoms. The van der Waals surface area contributed by atoms with E-state index >= 15 is 0 Å². The fourth-order valence-electron chi connectivity index (χ4n) is 3.21. The molecule has 6 heteroatoms. The molecule has 0 atom stereocenters. The summed E-state index contributed by atoms with van der Waals surface area (Å²) in [5.74, 6) is 0.868. The van der Waals surface area contributed by atoms with Crippen molar-refractivity contribution in [3.63, 3.8) is 0 Å². The second-order valence-electron chi connectivity index (χ2n) is 5.60. The van der Waals surface area contributed by atoms with Crippen molar-refractivity contribution in [2.24, 2.45) is 0 Å². The summed E-state index contributed by atoms with van der Waals surface area (Å²) in [7, 11) is -4.71. The van der Waals surface area contributed by atoms with E-state index in [1.165, 1.54) is 0 Å². The third-order valence-electron chi connectivity index (χ3n) is 4.14. The third-order valence-corrected chi connectivity index (χ3v) is 4.56. The number of ether oxygens (including phenoxy) is 1. The fourth-order valence-corrected chi connectivity index (χ4v) is 3.75. The van der Waals surface area contributed by atoms with Gasteiger partial charge in [-0.1, -0.05) is 66.7 Å². The molecular formula is C19H13ClO5. The molecule has 3 aromatic carbocycles. The molecular weight excluding hydrogens is 344 g/mol. The Morgan fingerprint density at radius 2 is 1.16 bits per heavy atom. The molecule has 1 aliphatic heterocycles. The van der Waals surface area contributed by atoms with Crippen LogP contribution in [0.1, 0.15) is 16.7 Å². The van der Waals surface area contributed by atoms with Gasteiger partial charge in [-0.05, 0) is 12.1 Å². The summed E-state index contributed by atoms with van der Waals surface area (Å²) in [5.41, 5.74) is -0.196. The molecule has 25 heavy (non-hydrogen) atoms. The van der Waals surface area contributed by atoms with E-state index < -0.39 is 15.8 Å². The summed E-state index contributed by atoms with van der Waals surface area (Å²) in [6.45, 7) is 0. The Bertz CT molecular complexity index is 859. The van der Waals surface area contributed by atoms with Crippen molar-refractivity contribution in [2.75, 3.05) is 0 Å². The highest BCUT2D eigenvalue weighted by atomic mass is 35.7. The summed E-state index contributed by atoms with van der Waals surface area (Å²) < 4.78 is 46.1. The molecule has 0 fully saturated rings. The van der Waals surface area contributed by atoms with Crippen LogP contribution in [0.15, 0.2) is 78.9 Å². The van der Waals surface area contributed by atoms with E-state index in [1.807, 2.05) is 0 Å². The number of benzene rings is 3. The van der Waals surface area contributed by atoms with E-state index in [0.29, 0.717) is 28.2 Å². The molecule has 1 aliphatic rings. The average molecular weight is 357 g/mol. The zero-order valence-electron chi connectivity index (χ0n) is 12.9. The lowest BCUT2D eigenvalue weighted by Gasteiger charge is -2.35. The first-order valence-electron chi connectivity index (χ1n) is 7.54. The number of hydrogen-bond donors (Lipinski definition) is 0. The number of fused-ring (bicyclic) bond motifs is 2. The Labute approximate surface area is 146 Å². The van der Waals surface area contributed by atoms with Crippen molar-refractivity contribution in [2.45, 2.75) is 5.60 Å². The Balaban J connectivity index is 2.09. The maximum absolute atomic E-state index is 11.7. The zero-order valence-corrected chi connectivity index (χ0v) is 13.7. The van der Waals surface area contributed by atoms with Gasteiger partial charge >= 0.3 is 5.60 Å². The Hall–Kier alpha value is -2.41. The summed E-state index contributed by atoms with van der Waals surface area (Å²) in [5, 5.41) is 0. The van der Waals surface area contributed by atoms with Gasteiger partial charge in [-0.2, -0.15) is 14.0 Å². The Morgan fingerprint density at radius 3 is 1.68 bits per heavy atom. The van der Waals surface area contributed by atoms with Crippen LogP contribution in [-0.4, -0.2) is 0 Å². The van der Waals surface area contributed by atoms with Crippen molar-refractivity contribution in [3.05, 3.63) is 95.6 Å². The average Bonchev–Trinajstić information content (AvgIpc) is 2.61. The molecule has 0 aliphatic carbocycles. The van der Waals surface area contributed by atoms with Crippen LogP contribution in [0.2, 0.25) is 0 Å². The molecule has 4 rings (SSSR count). The van der Waals surface area contributed by atoms with E-state index in [9.17, 15) is 14.0 Å². The predicted octanol–water partition coefficient (Wildman–Crippen LogP) is 0.998. The normalized spacial score (nSPS) is 15.0. The predicted molar refractivity (Wildman–Crippen MR) is 80.4 cm³/mol. The minimum Gasteiger partial charge on any atom is -0.456 e. The molecule has 0 aromatic heterocycles. The minimum absolute atomic E-state index is 0.434.